The van der Waals surface area contributed by atoms with Crippen molar-refractivity contribution in [3.05, 3.63) is 0 Å². The zero-order valence-corrected chi connectivity index (χ0v) is 8.26. The molecule has 0 saturated carbocycles. The van der Waals surface area contributed by atoms with Gasteiger partial charge in [0.25, 0.3) is 0 Å². The average molecular weight is 262 g/mol. The van der Waals surface area contributed by atoms with E-state index < -0.39 is 9.50 Å². The van der Waals surface area contributed by atoms with Gasteiger partial charge >= 0.3 is 69.2 Å². The molecular formula is CH2Cl3O2PSe. The van der Waals surface area contributed by atoms with Crippen LogP contribution >= 0.6 is 40.8 Å². The van der Waals surface area contributed by atoms with Crippen molar-refractivity contribution in [2.24, 2.45) is 0 Å². The normalized spacial score (nSPS) is 14.1. The number of alkyl halides is 3. The number of hydrogen-bond acceptors (Lipinski definition) is 2. The minimum atomic E-state index is -3.43. The van der Waals surface area contributed by atoms with Gasteiger partial charge in [0, 0.05) is 0 Å². The third-order valence-corrected chi connectivity index (χ3v) is 6.88. The maximum absolute atomic E-state index is 8.57. The Labute approximate surface area is 69.1 Å². The van der Waals surface area contributed by atoms with E-state index in [0.29, 0.717) is 0 Å². The summed E-state index contributed by atoms with van der Waals surface area (Å²) in [6, 6.07) is 0. The first-order valence-electron chi connectivity index (χ1n) is 1.37. The van der Waals surface area contributed by atoms with Crippen molar-refractivity contribution in [3.8, 4) is 0 Å². The fraction of sp³-hybridized carbons (Fsp3) is 1.00. The Morgan fingerprint density at radius 2 is 1.38 bits per heavy atom. The summed E-state index contributed by atoms with van der Waals surface area (Å²) < 4.78 is -1.98. The van der Waals surface area contributed by atoms with Crippen molar-refractivity contribution in [1.29, 1.82) is 0 Å². The molecule has 0 rings (SSSR count). The molecule has 0 unspecified atom stereocenters. The molecule has 50 valence electrons. The van der Waals surface area contributed by atoms with Crippen LogP contribution < -0.4 is 0 Å². The molecule has 0 amide bonds. The van der Waals surface area contributed by atoms with Crippen LogP contribution in [0, 0.1) is 0 Å². The van der Waals surface area contributed by atoms with Crippen LogP contribution in [0.4, 0.5) is 0 Å². The summed E-state index contributed by atoms with van der Waals surface area (Å²) in [5.41, 5.74) is 0. The van der Waals surface area contributed by atoms with Gasteiger partial charge in [0.15, 0.2) is 0 Å². The van der Waals surface area contributed by atoms with Gasteiger partial charge < -0.3 is 0 Å². The molecule has 0 radical (unpaired) electrons. The summed E-state index contributed by atoms with van der Waals surface area (Å²) >= 11 is 17.2. The molecular weight excluding hydrogens is 260 g/mol. The molecule has 0 aliphatic carbocycles. The fourth-order valence-corrected chi connectivity index (χ4v) is 0. The summed E-state index contributed by atoms with van der Waals surface area (Å²) in [5.74, 6) is -3.43. The van der Waals surface area contributed by atoms with E-state index in [4.69, 9.17) is 44.6 Å². The SMILES string of the molecule is OP(O)(=[Se])C(Cl)(Cl)Cl. The van der Waals surface area contributed by atoms with Crippen LogP contribution in [0.1, 0.15) is 0 Å². The van der Waals surface area contributed by atoms with Crippen molar-refractivity contribution < 1.29 is 9.79 Å². The molecule has 0 aromatic carbocycles. The van der Waals surface area contributed by atoms with E-state index in [1.54, 1.807) is 0 Å². The van der Waals surface area contributed by atoms with Crippen molar-refractivity contribution in [2.45, 2.75) is 3.53 Å². The number of rotatable bonds is 0. The van der Waals surface area contributed by atoms with Crippen LogP contribution in [0.2, 0.25) is 0 Å². The standard InChI is InChI=1S/CH2Cl3O2PSe/c2-1(3,4)7(5,6)8/h(H2,5,6,8). The Hall–Kier alpha value is 1.74. The Balaban J connectivity index is 4.26. The van der Waals surface area contributed by atoms with Crippen LogP contribution in [0.5, 0.6) is 0 Å². The van der Waals surface area contributed by atoms with E-state index in [1.807, 2.05) is 15.1 Å². The minimum absolute atomic E-state index is 1.98. The second-order valence-electron chi connectivity index (χ2n) is 1.01. The molecule has 0 aliphatic heterocycles. The van der Waals surface area contributed by atoms with E-state index in [1.165, 1.54) is 0 Å². The molecule has 0 spiro atoms. The third kappa shape index (κ3) is 3.05. The summed E-state index contributed by atoms with van der Waals surface area (Å²) in [7, 11) is 0. The van der Waals surface area contributed by atoms with Crippen molar-refractivity contribution >= 4 is 55.9 Å². The first-order valence-corrected chi connectivity index (χ1v) is 6.42. The summed E-state index contributed by atoms with van der Waals surface area (Å²) in [6.07, 6.45) is 0. The molecule has 0 aliphatic rings. The maximum atomic E-state index is 8.57. The Bertz CT molecular complexity index is 124. The second-order valence-corrected chi connectivity index (χ2v) is 9.05. The molecule has 0 saturated heterocycles. The van der Waals surface area contributed by atoms with Gasteiger partial charge in [-0.15, -0.1) is 0 Å². The molecule has 0 atom stereocenters. The molecule has 0 fully saturated rings. The predicted octanol–water partition coefficient (Wildman–Crippen LogP) is 1.23. The third-order valence-electron chi connectivity index (χ3n) is 0.330. The van der Waals surface area contributed by atoms with Gasteiger partial charge in [-0.2, -0.15) is 0 Å². The fourth-order valence-electron chi connectivity index (χ4n) is 0. The average Bonchev–Trinajstić information content (AvgIpc) is 1.25. The zero-order valence-electron chi connectivity index (χ0n) is 3.38. The van der Waals surface area contributed by atoms with Gasteiger partial charge in [0.05, 0.1) is 0 Å². The van der Waals surface area contributed by atoms with Gasteiger partial charge in [-0.25, -0.2) is 0 Å². The molecule has 8 heavy (non-hydrogen) atoms. The van der Waals surface area contributed by atoms with Crippen LogP contribution in [0.3, 0.4) is 0 Å². The van der Waals surface area contributed by atoms with Crippen molar-refractivity contribution in [3.63, 3.8) is 0 Å². The van der Waals surface area contributed by atoms with E-state index in [-0.39, 0.29) is 0 Å². The summed E-state index contributed by atoms with van der Waals surface area (Å²) in [4.78, 5) is 17.1. The van der Waals surface area contributed by atoms with Gasteiger partial charge in [-0.3, -0.25) is 0 Å². The van der Waals surface area contributed by atoms with Gasteiger partial charge in [-0.05, 0) is 0 Å². The summed E-state index contributed by atoms with van der Waals surface area (Å²) in [6.45, 7) is 0. The van der Waals surface area contributed by atoms with Gasteiger partial charge in [0.1, 0.15) is 0 Å². The van der Waals surface area contributed by atoms with Crippen LogP contribution in [0.15, 0.2) is 0 Å². The molecule has 0 aromatic rings. The second kappa shape index (κ2) is 2.77. The Kier molecular flexibility index (Phi) is 3.38. The molecule has 0 bridgehead atoms. The molecule has 7 heteroatoms. The molecule has 0 aromatic heterocycles. The Morgan fingerprint density at radius 3 is 1.38 bits per heavy atom. The number of hydrogen-bond donors (Lipinski definition) is 2. The molecule has 0 heterocycles. The van der Waals surface area contributed by atoms with Gasteiger partial charge in [-0.1, -0.05) is 0 Å². The molecule has 2 nitrogen and oxygen atoms in total. The monoisotopic (exact) mass is 262 g/mol. The number of halogens is 3. The van der Waals surface area contributed by atoms with Crippen LogP contribution in [-0.2, 0) is 0 Å². The summed E-state index contributed by atoms with van der Waals surface area (Å²) in [5, 5.41) is 0. The van der Waals surface area contributed by atoms with Crippen LogP contribution in [0.25, 0.3) is 0 Å². The Morgan fingerprint density at radius 1 is 1.25 bits per heavy atom. The molecule has 2 N–H and O–H groups in total. The van der Waals surface area contributed by atoms with E-state index in [2.05, 4.69) is 0 Å². The van der Waals surface area contributed by atoms with Crippen LogP contribution in [-0.4, -0.2) is 28.4 Å². The quantitative estimate of drug-likeness (QED) is 0.391. The van der Waals surface area contributed by atoms with Crippen molar-refractivity contribution in [1.82, 2.24) is 0 Å². The van der Waals surface area contributed by atoms with E-state index >= 15 is 0 Å². The first kappa shape index (κ1) is 9.74. The first-order chi connectivity index (χ1) is 3.25. The topological polar surface area (TPSA) is 40.5 Å². The predicted molar refractivity (Wildman–Crippen MR) is 37.4 cm³/mol. The zero-order chi connectivity index (χ0) is 7.00. The van der Waals surface area contributed by atoms with Gasteiger partial charge in [0.2, 0.25) is 0 Å². The van der Waals surface area contributed by atoms with E-state index in [9.17, 15) is 0 Å². The van der Waals surface area contributed by atoms with Crippen molar-refractivity contribution in [2.75, 3.05) is 0 Å². The van der Waals surface area contributed by atoms with E-state index in [0.717, 1.165) is 0 Å².